The lowest BCUT2D eigenvalue weighted by Crippen LogP contribution is -2.42. The molecule has 0 unspecified atom stereocenters. The average molecular weight is 362 g/mol. The number of rotatable bonds is 7. The summed E-state index contributed by atoms with van der Waals surface area (Å²) in [5.41, 5.74) is 5.03. The Kier molecular flexibility index (Phi) is 7.28. The third-order valence-corrected chi connectivity index (χ3v) is 4.15. The standard InChI is InChI=1S/C18H19FN2O3S/c1-2-11-24-14-9-7-13(8-10-14)18(23)21-20-17(22)12-25-16-6-4-3-5-15(16)19/h3-10H,2,11-12H2,1H3,(H,20,22)(H,21,23). The number of halogens is 1. The van der Waals surface area contributed by atoms with E-state index < -0.39 is 11.8 Å². The van der Waals surface area contributed by atoms with Gasteiger partial charge in [-0.15, -0.1) is 11.8 Å². The van der Waals surface area contributed by atoms with Gasteiger partial charge in [-0.1, -0.05) is 19.1 Å². The van der Waals surface area contributed by atoms with E-state index in [-0.39, 0.29) is 11.6 Å². The van der Waals surface area contributed by atoms with Gasteiger partial charge in [-0.3, -0.25) is 20.4 Å². The van der Waals surface area contributed by atoms with Gasteiger partial charge in [-0.25, -0.2) is 4.39 Å². The SMILES string of the molecule is CCCOc1ccc(C(=O)NNC(=O)CSc2ccccc2F)cc1. The smallest absolute Gasteiger partial charge is 0.269 e. The zero-order valence-electron chi connectivity index (χ0n) is 13.8. The molecular weight excluding hydrogens is 343 g/mol. The summed E-state index contributed by atoms with van der Waals surface area (Å²) in [5.74, 6) is -0.570. The Morgan fingerprint density at radius 3 is 2.48 bits per heavy atom. The van der Waals surface area contributed by atoms with E-state index in [0.717, 1.165) is 18.2 Å². The minimum absolute atomic E-state index is 0.00892. The molecule has 2 aromatic carbocycles. The lowest BCUT2D eigenvalue weighted by Gasteiger charge is -2.09. The predicted molar refractivity (Wildman–Crippen MR) is 95.0 cm³/mol. The van der Waals surface area contributed by atoms with Crippen LogP contribution in [0, 0.1) is 5.82 Å². The van der Waals surface area contributed by atoms with Gasteiger partial charge in [0.2, 0.25) is 5.91 Å². The van der Waals surface area contributed by atoms with Crippen molar-refractivity contribution in [3.05, 3.63) is 59.9 Å². The Morgan fingerprint density at radius 1 is 1.08 bits per heavy atom. The van der Waals surface area contributed by atoms with Crippen molar-refractivity contribution in [1.82, 2.24) is 10.9 Å². The third kappa shape index (κ3) is 6.11. The molecule has 0 aliphatic heterocycles. The number of thioether (sulfide) groups is 1. The fourth-order valence-corrected chi connectivity index (χ4v) is 2.60. The highest BCUT2D eigenvalue weighted by molar-refractivity contribution is 8.00. The number of hydrazine groups is 1. The maximum Gasteiger partial charge on any atom is 0.269 e. The van der Waals surface area contributed by atoms with Gasteiger partial charge in [-0.05, 0) is 42.8 Å². The number of amides is 2. The first-order chi connectivity index (χ1) is 12.1. The van der Waals surface area contributed by atoms with Crippen LogP contribution in [0.3, 0.4) is 0 Å². The van der Waals surface area contributed by atoms with Gasteiger partial charge in [0.05, 0.1) is 12.4 Å². The molecule has 0 aliphatic carbocycles. The molecule has 0 saturated heterocycles. The normalized spacial score (nSPS) is 10.2. The Bertz CT molecular complexity index is 723. The first-order valence-corrected chi connectivity index (χ1v) is 8.78. The van der Waals surface area contributed by atoms with E-state index in [0.29, 0.717) is 22.8 Å². The highest BCUT2D eigenvalue weighted by atomic mass is 32.2. The molecule has 0 saturated carbocycles. The first kappa shape index (κ1) is 18.8. The summed E-state index contributed by atoms with van der Waals surface area (Å²) in [5, 5.41) is 0. The number of carbonyl (C=O) groups excluding carboxylic acids is 2. The quantitative estimate of drug-likeness (QED) is 0.586. The van der Waals surface area contributed by atoms with E-state index in [4.69, 9.17) is 4.74 Å². The molecule has 0 atom stereocenters. The van der Waals surface area contributed by atoms with Crippen molar-refractivity contribution >= 4 is 23.6 Å². The molecule has 2 amide bonds. The Labute approximate surface area is 149 Å². The Hall–Kier alpha value is -2.54. The molecule has 0 fully saturated rings. The minimum atomic E-state index is -0.439. The lowest BCUT2D eigenvalue weighted by molar-refractivity contribution is -0.119. The number of hydrogen-bond acceptors (Lipinski definition) is 4. The van der Waals surface area contributed by atoms with E-state index in [1.54, 1.807) is 42.5 Å². The molecule has 7 heteroatoms. The van der Waals surface area contributed by atoms with Crippen LogP contribution in [-0.4, -0.2) is 24.2 Å². The second kappa shape index (κ2) is 9.68. The van der Waals surface area contributed by atoms with Crippen LogP contribution in [0.15, 0.2) is 53.4 Å². The van der Waals surface area contributed by atoms with Crippen LogP contribution in [0.2, 0.25) is 0 Å². The number of nitrogens with one attached hydrogen (secondary N) is 2. The van der Waals surface area contributed by atoms with Gasteiger partial charge in [0.1, 0.15) is 11.6 Å². The highest BCUT2D eigenvalue weighted by Gasteiger charge is 2.09. The summed E-state index contributed by atoms with van der Waals surface area (Å²) >= 11 is 1.06. The molecule has 25 heavy (non-hydrogen) atoms. The summed E-state index contributed by atoms with van der Waals surface area (Å²) in [6, 6.07) is 12.8. The summed E-state index contributed by atoms with van der Waals surface area (Å²) in [6.07, 6.45) is 0.902. The van der Waals surface area contributed by atoms with E-state index >= 15 is 0 Å². The topological polar surface area (TPSA) is 67.4 Å². The van der Waals surface area contributed by atoms with Crippen molar-refractivity contribution in [1.29, 1.82) is 0 Å². The van der Waals surface area contributed by atoms with Gasteiger partial charge < -0.3 is 4.74 Å². The molecule has 0 radical (unpaired) electrons. The number of carbonyl (C=O) groups is 2. The van der Waals surface area contributed by atoms with Crippen molar-refractivity contribution in [2.45, 2.75) is 18.2 Å². The number of benzene rings is 2. The second-order valence-corrected chi connectivity index (χ2v) is 6.11. The van der Waals surface area contributed by atoms with Crippen LogP contribution < -0.4 is 15.6 Å². The molecule has 5 nitrogen and oxygen atoms in total. The molecule has 0 aliphatic rings. The highest BCUT2D eigenvalue weighted by Crippen LogP contribution is 2.20. The van der Waals surface area contributed by atoms with Crippen molar-refractivity contribution in [2.24, 2.45) is 0 Å². The van der Waals surface area contributed by atoms with Crippen LogP contribution in [0.5, 0.6) is 5.75 Å². The van der Waals surface area contributed by atoms with Gasteiger partial charge in [0, 0.05) is 10.5 Å². The Balaban J connectivity index is 1.77. The van der Waals surface area contributed by atoms with Crippen molar-refractivity contribution < 1.29 is 18.7 Å². The minimum Gasteiger partial charge on any atom is -0.494 e. The molecule has 0 bridgehead atoms. The van der Waals surface area contributed by atoms with Crippen LogP contribution in [0.1, 0.15) is 23.7 Å². The fourth-order valence-electron chi connectivity index (χ4n) is 1.86. The molecule has 0 aromatic heterocycles. The summed E-state index contributed by atoms with van der Waals surface area (Å²) in [6.45, 7) is 2.62. The maximum atomic E-state index is 13.5. The average Bonchev–Trinajstić information content (AvgIpc) is 2.64. The largest absolute Gasteiger partial charge is 0.494 e. The van der Waals surface area contributed by atoms with Crippen LogP contribution in [0.4, 0.5) is 4.39 Å². The van der Waals surface area contributed by atoms with E-state index in [1.807, 2.05) is 6.92 Å². The molecule has 2 aromatic rings. The zero-order valence-corrected chi connectivity index (χ0v) is 14.6. The van der Waals surface area contributed by atoms with E-state index in [2.05, 4.69) is 10.9 Å². The maximum absolute atomic E-state index is 13.5. The molecular formula is C18H19FN2O3S. The van der Waals surface area contributed by atoms with Crippen molar-refractivity contribution in [3.8, 4) is 5.75 Å². The second-order valence-electron chi connectivity index (χ2n) is 5.09. The van der Waals surface area contributed by atoms with Gasteiger partial charge in [-0.2, -0.15) is 0 Å². The van der Waals surface area contributed by atoms with Gasteiger partial charge in [0.25, 0.3) is 5.91 Å². The molecule has 2 rings (SSSR count). The molecule has 0 heterocycles. The third-order valence-electron chi connectivity index (χ3n) is 3.10. The number of hydrogen-bond donors (Lipinski definition) is 2. The van der Waals surface area contributed by atoms with Gasteiger partial charge in [0.15, 0.2) is 0 Å². The van der Waals surface area contributed by atoms with Crippen molar-refractivity contribution in [3.63, 3.8) is 0 Å². The van der Waals surface area contributed by atoms with Crippen LogP contribution in [-0.2, 0) is 4.79 Å². The lowest BCUT2D eigenvalue weighted by atomic mass is 10.2. The molecule has 0 spiro atoms. The molecule has 2 N–H and O–H groups in total. The van der Waals surface area contributed by atoms with E-state index in [9.17, 15) is 14.0 Å². The number of ether oxygens (including phenoxy) is 1. The monoisotopic (exact) mass is 362 g/mol. The fraction of sp³-hybridized carbons (Fsp3) is 0.222. The van der Waals surface area contributed by atoms with Crippen LogP contribution >= 0.6 is 11.8 Å². The van der Waals surface area contributed by atoms with Crippen LogP contribution in [0.25, 0.3) is 0 Å². The first-order valence-electron chi connectivity index (χ1n) is 7.79. The van der Waals surface area contributed by atoms with Crippen molar-refractivity contribution in [2.75, 3.05) is 12.4 Å². The summed E-state index contributed by atoms with van der Waals surface area (Å²) in [7, 11) is 0. The summed E-state index contributed by atoms with van der Waals surface area (Å²) in [4.78, 5) is 24.1. The summed E-state index contributed by atoms with van der Waals surface area (Å²) < 4.78 is 18.9. The predicted octanol–water partition coefficient (Wildman–Crippen LogP) is 3.17. The Morgan fingerprint density at radius 2 is 1.80 bits per heavy atom. The van der Waals surface area contributed by atoms with Gasteiger partial charge >= 0.3 is 0 Å². The zero-order chi connectivity index (χ0) is 18.1. The molecule has 132 valence electrons. The van der Waals surface area contributed by atoms with E-state index in [1.165, 1.54) is 6.07 Å².